The number of rotatable bonds is 4. The van der Waals surface area contributed by atoms with E-state index in [0.717, 1.165) is 31.6 Å². The second-order valence-corrected chi connectivity index (χ2v) is 6.21. The van der Waals surface area contributed by atoms with Gasteiger partial charge in [-0.05, 0) is 11.6 Å². The molecule has 0 amide bonds. The lowest BCUT2D eigenvalue weighted by molar-refractivity contribution is 0.556. The number of hydrogen-bond donors (Lipinski definition) is 1. The van der Waals surface area contributed by atoms with E-state index in [0.29, 0.717) is 12.1 Å². The summed E-state index contributed by atoms with van der Waals surface area (Å²) in [5.41, 5.74) is 5.55. The SMILES string of the molecule is Fc1ccccc1Cn1nc(Cc2ccccc2)c2c1CCNC2. The number of nitrogens with zero attached hydrogens (tertiary/aromatic N) is 2. The Morgan fingerprint density at radius 3 is 2.67 bits per heavy atom. The molecule has 1 aromatic heterocycles. The van der Waals surface area contributed by atoms with Gasteiger partial charge in [-0.2, -0.15) is 5.10 Å². The fourth-order valence-corrected chi connectivity index (χ4v) is 3.34. The molecule has 0 atom stereocenters. The molecule has 122 valence electrons. The van der Waals surface area contributed by atoms with E-state index < -0.39 is 0 Å². The van der Waals surface area contributed by atoms with Crippen LogP contribution in [0.1, 0.15) is 28.1 Å². The average Bonchev–Trinajstić information content (AvgIpc) is 2.96. The first-order chi connectivity index (χ1) is 11.8. The van der Waals surface area contributed by atoms with E-state index in [-0.39, 0.29) is 5.82 Å². The van der Waals surface area contributed by atoms with Crippen molar-refractivity contribution in [3.8, 4) is 0 Å². The van der Waals surface area contributed by atoms with Crippen LogP contribution in [0, 0.1) is 5.82 Å². The van der Waals surface area contributed by atoms with Crippen LogP contribution < -0.4 is 5.32 Å². The van der Waals surface area contributed by atoms with E-state index in [1.54, 1.807) is 6.07 Å². The molecule has 1 N–H and O–H groups in total. The Kier molecular flexibility index (Phi) is 4.13. The van der Waals surface area contributed by atoms with E-state index in [1.165, 1.54) is 22.9 Å². The number of halogens is 1. The Labute approximate surface area is 141 Å². The highest BCUT2D eigenvalue weighted by Crippen LogP contribution is 2.22. The highest BCUT2D eigenvalue weighted by Gasteiger charge is 2.21. The van der Waals surface area contributed by atoms with Gasteiger partial charge in [-0.15, -0.1) is 0 Å². The second-order valence-electron chi connectivity index (χ2n) is 6.21. The van der Waals surface area contributed by atoms with Crippen molar-refractivity contribution in [3.05, 3.63) is 88.5 Å². The number of aromatic nitrogens is 2. The molecule has 0 spiro atoms. The van der Waals surface area contributed by atoms with Gasteiger partial charge < -0.3 is 5.32 Å². The quantitative estimate of drug-likeness (QED) is 0.799. The van der Waals surface area contributed by atoms with E-state index in [4.69, 9.17) is 5.10 Å². The lowest BCUT2D eigenvalue weighted by atomic mass is 10.0. The van der Waals surface area contributed by atoms with Gasteiger partial charge in [0.2, 0.25) is 0 Å². The predicted molar refractivity (Wildman–Crippen MR) is 92.4 cm³/mol. The van der Waals surface area contributed by atoms with Gasteiger partial charge in [0.05, 0.1) is 12.2 Å². The molecule has 1 aliphatic heterocycles. The highest BCUT2D eigenvalue weighted by atomic mass is 19.1. The van der Waals surface area contributed by atoms with Crippen LogP contribution in [-0.4, -0.2) is 16.3 Å². The Morgan fingerprint density at radius 1 is 1.04 bits per heavy atom. The molecule has 0 unspecified atom stereocenters. The summed E-state index contributed by atoms with van der Waals surface area (Å²) in [5, 5.41) is 8.26. The molecule has 0 saturated heterocycles. The van der Waals surface area contributed by atoms with Gasteiger partial charge in [0.1, 0.15) is 5.82 Å². The van der Waals surface area contributed by atoms with E-state index >= 15 is 0 Å². The molecular weight excluding hydrogens is 301 g/mol. The third kappa shape index (κ3) is 2.97. The number of benzene rings is 2. The van der Waals surface area contributed by atoms with Crippen molar-refractivity contribution in [2.45, 2.75) is 25.9 Å². The molecular formula is C20H20FN3. The van der Waals surface area contributed by atoms with Crippen molar-refractivity contribution in [3.63, 3.8) is 0 Å². The molecule has 3 nitrogen and oxygen atoms in total. The summed E-state index contributed by atoms with van der Waals surface area (Å²) in [7, 11) is 0. The van der Waals surface area contributed by atoms with E-state index in [9.17, 15) is 4.39 Å². The zero-order chi connectivity index (χ0) is 16.4. The van der Waals surface area contributed by atoms with Crippen molar-refractivity contribution >= 4 is 0 Å². The lowest BCUT2D eigenvalue weighted by Gasteiger charge is -2.16. The summed E-state index contributed by atoms with van der Waals surface area (Å²) in [6.45, 7) is 2.28. The molecule has 0 saturated carbocycles. The van der Waals surface area contributed by atoms with Crippen LogP contribution in [0.4, 0.5) is 4.39 Å². The van der Waals surface area contributed by atoms with Crippen LogP contribution in [-0.2, 0) is 25.9 Å². The zero-order valence-corrected chi connectivity index (χ0v) is 13.5. The number of fused-ring (bicyclic) bond motifs is 1. The first-order valence-electron chi connectivity index (χ1n) is 8.37. The second kappa shape index (κ2) is 6.57. The standard InChI is InChI=1S/C20H20FN3/c21-18-9-5-4-8-16(18)14-24-20-10-11-22-13-17(20)19(23-24)12-15-6-2-1-3-7-15/h1-9,22H,10-14H2. The molecule has 0 fully saturated rings. The largest absolute Gasteiger partial charge is 0.312 e. The summed E-state index contributed by atoms with van der Waals surface area (Å²) in [4.78, 5) is 0. The fourth-order valence-electron chi connectivity index (χ4n) is 3.34. The molecule has 0 bridgehead atoms. The molecule has 4 rings (SSSR count). The molecule has 24 heavy (non-hydrogen) atoms. The van der Waals surface area contributed by atoms with Crippen LogP contribution in [0.3, 0.4) is 0 Å². The van der Waals surface area contributed by atoms with Crippen LogP contribution in [0.2, 0.25) is 0 Å². The van der Waals surface area contributed by atoms with Gasteiger partial charge in [0, 0.05) is 42.8 Å². The normalized spacial score (nSPS) is 13.7. The zero-order valence-electron chi connectivity index (χ0n) is 13.5. The first-order valence-corrected chi connectivity index (χ1v) is 8.37. The molecule has 2 aromatic carbocycles. The van der Waals surface area contributed by atoms with Crippen molar-refractivity contribution in [2.24, 2.45) is 0 Å². The minimum atomic E-state index is -0.166. The Bertz CT molecular complexity index is 839. The fraction of sp³-hybridized carbons (Fsp3) is 0.250. The van der Waals surface area contributed by atoms with E-state index in [2.05, 4.69) is 29.6 Å². The predicted octanol–water partition coefficient (Wildman–Crippen LogP) is 3.31. The minimum Gasteiger partial charge on any atom is -0.312 e. The van der Waals surface area contributed by atoms with Crippen molar-refractivity contribution in [1.29, 1.82) is 0 Å². The van der Waals surface area contributed by atoms with Crippen LogP contribution in [0.25, 0.3) is 0 Å². The van der Waals surface area contributed by atoms with Gasteiger partial charge in [-0.25, -0.2) is 4.39 Å². The van der Waals surface area contributed by atoms with Gasteiger partial charge in [0.25, 0.3) is 0 Å². The van der Waals surface area contributed by atoms with E-state index in [1.807, 2.05) is 22.9 Å². The lowest BCUT2D eigenvalue weighted by Crippen LogP contribution is -2.25. The molecule has 4 heteroatoms. The third-order valence-corrected chi connectivity index (χ3v) is 4.58. The summed E-state index contributed by atoms with van der Waals surface area (Å²) in [6.07, 6.45) is 1.75. The summed E-state index contributed by atoms with van der Waals surface area (Å²) in [6, 6.07) is 17.3. The third-order valence-electron chi connectivity index (χ3n) is 4.58. The maximum atomic E-state index is 14.0. The molecule has 0 radical (unpaired) electrons. The van der Waals surface area contributed by atoms with Crippen molar-refractivity contribution in [1.82, 2.24) is 15.1 Å². The maximum Gasteiger partial charge on any atom is 0.128 e. The Morgan fingerprint density at radius 2 is 1.83 bits per heavy atom. The van der Waals surface area contributed by atoms with Crippen LogP contribution >= 0.6 is 0 Å². The average molecular weight is 321 g/mol. The minimum absolute atomic E-state index is 0.166. The van der Waals surface area contributed by atoms with Crippen LogP contribution in [0.15, 0.2) is 54.6 Å². The molecule has 0 aliphatic carbocycles. The first kappa shape index (κ1) is 15.1. The molecule has 1 aliphatic rings. The molecule has 2 heterocycles. The Hall–Kier alpha value is -2.46. The van der Waals surface area contributed by atoms with Gasteiger partial charge in [-0.3, -0.25) is 4.68 Å². The molecule has 3 aromatic rings. The van der Waals surface area contributed by atoms with Crippen LogP contribution in [0.5, 0.6) is 0 Å². The van der Waals surface area contributed by atoms with Gasteiger partial charge >= 0.3 is 0 Å². The van der Waals surface area contributed by atoms with Crippen molar-refractivity contribution < 1.29 is 4.39 Å². The highest BCUT2D eigenvalue weighted by molar-refractivity contribution is 5.34. The van der Waals surface area contributed by atoms with Crippen molar-refractivity contribution in [2.75, 3.05) is 6.54 Å². The summed E-state index contributed by atoms with van der Waals surface area (Å²) in [5.74, 6) is -0.166. The summed E-state index contributed by atoms with van der Waals surface area (Å²) >= 11 is 0. The number of hydrogen-bond acceptors (Lipinski definition) is 2. The smallest absolute Gasteiger partial charge is 0.128 e. The number of nitrogens with one attached hydrogen (secondary N) is 1. The van der Waals surface area contributed by atoms with Gasteiger partial charge in [0.15, 0.2) is 0 Å². The Balaban J connectivity index is 1.69. The maximum absolute atomic E-state index is 14.0. The monoisotopic (exact) mass is 321 g/mol. The van der Waals surface area contributed by atoms with Gasteiger partial charge in [-0.1, -0.05) is 48.5 Å². The summed E-state index contributed by atoms with van der Waals surface area (Å²) < 4.78 is 16.0. The topological polar surface area (TPSA) is 29.9 Å².